The second-order valence-electron chi connectivity index (χ2n) is 10.2. The Hall–Kier alpha value is -4.00. The van der Waals surface area contributed by atoms with Crippen molar-refractivity contribution in [3.63, 3.8) is 0 Å². The molecule has 1 N–H and O–H groups in total. The molecule has 1 aromatic heterocycles. The van der Waals surface area contributed by atoms with E-state index < -0.39 is 6.04 Å². The van der Waals surface area contributed by atoms with Crippen molar-refractivity contribution in [3.05, 3.63) is 89.0 Å². The van der Waals surface area contributed by atoms with Gasteiger partial charge < -0.3 is 14.8 Å². The van der Waals surface area contributed by atoms with E-state index in [1.807, 2.05) is 17.9 Å². The van der Waals surface area contributed by atoms with Crippen molar-refractivity contribution in [2.24, 2.45) is 0 Å². The Labute approximate surface area is 222 Å². The number of carbonyl (C=O) groups is 2. The summed E-state index contributed by atoms with van der Waals surface area (Å²) in [6.07, 6.45) is 1.33. The minimum absolute atomic E-state index is 0.0957. The number of aryl methyl sites for hydroxylation is 2. The van der Waals surface area contributed by atoms with Gasteiger partial charge in [0, 0.05) is 32.5 Å². The lowest BCUT2D eigenvalue weighted by molar-refractivity contribution is -0.122. The molecule has 0 bridgehead atoms. The number of amides is 2. The molecule has 2 heterocycles. The SMILES string of the molecule is CCCN(Cc1cc(-c2ccc3nc(C)[nH]c3c2)ccc1C)C(=O)N1CCC(=O)CC1c1cccc(F)c1. The van der Waals surface area contributed by atoms with Crippen LogP contribution in [-0.4, -0.2) is 44.7 Å². The fourth-order valence-corrected chi connectivity index (χ4v) is 5.31. The molecule has 1 atom stereocenters. The molecule has 0 saturated carbocycles. The van der Waals surface area contributed by atoms with E-state index in [1.54, 1.807) is 17.0 Å². The number of imidazole rings is 1. The molecule has 7 heteroatoms. The van der Waals surface area contributed by atoms with Gasteiger partial charge in [0.15, 0.2) is 0 Å². The van der Waals surface area contributed by atoms with Crippen LogP contribution in [-0.2, 0) is 11.3 Å². The van der Waals surface area contributed by atoms with Gasteiger partial charge in [0.05, 0.1) is 17.1 Å². The number of halogens is 1. The summed E-state index contributed by atoms with van der Waals surface area (Å²) in [5.41, 5.74) is 6.92. The highest BCUT2D eigenvalue weighted by molar-refractivity contribution is 5.84. The van der Waals surface area contributed by atoms with E-state index in [0.717, 1.165) is 45.5 Å². The zero-order valence-corrected chi connectivity index (χ0v) is 22.1. The van der Waals surface area contributed by atoms with Gasteiger partial charge in [-0.3, -0.25) is 4.79 Å². The first-order valence-corrected chi connectivity index (χ1v) is 13.2. The predicted molar refractivity (Wildman–Crippen MR) is 147 cm³/mol. The Morgan fingerprint density at radius 1 is 1.11 bits per heavy atom. The van der Waals surface area contributed by atoms with E-state index in [2.05, 4.69) is 54.1 Å². The number of ketones is 1. The van der Waals surface area contributed by atoms with Gasteiger partial charge in [-0.05, 0) is 78.4 Å². The highest BCUT2D eigenvalue weighted by Crippen LogP contribution is 2.32. The first-order chi connectivity index (χ1) is 18.3. The van der Waals surface area contributed by atoms with Gasteiger partial charge in [-0.25, -0.2) is 14.2 Å². The molecule has 2 amide bonds. The third kappa shape index (κ3) is 5.32. The smallest absolute Gasteiger partial charge is 0.320 e. The highest BCUT2D eigenvalue weighted by atomic mass is 19.1. The normalized spacial score (nSPS) is 15.7. The summed E-state index contributed by atoms with van der Waals surface area (Å²) in [4.78, 5) is 37.7. The number of urea groups is 1. The van der Waals surface area contributed by atoms with Crippen molar-refractivity contribution in [2.75, 3.05) is 13.1 Å². The van der Waals surface area contributed by atoms with Crippen LogP contribution in [0.25, 0.3) is 22.2 Å². The Balaban J connectivity index is 1.43. The Bertz CT molecular complexity index is 1490. The van der Waals surface area contributed by atoms with Gasteiger partial charge in [-0.2, -0.15) is 0 Å². The first kappa shape index (κ1) is 25.6. The van der Waals surface area contributed by atoms with Crippen molar-refractivity contribution in [1.82, 2.24) is 19.8 Å². The van der Waals surface area contributed by atoms with Gasteiger partial charge in [0.1, 0.15) is 17.4 Å². The lowest BCUT2D eigenvalue weighted by atomic mass is 9.94. The zero-order valence-electron chi connectivity index (χ0n) is 22.1. The number of piperidine rings is 1. The molecule has 4 aromatic rings. The average Bonchev–Trinajstić information content (AvgIpc) is 3.28. The molecule has 1 unspecified atom stereocenters. The van der Waals surface area contributed by atoms with Crippen molar-refractivity contribution < 1.29 is 14.0 Å². The number of Topliss-reactive ketones (excluding diaryl/α,β-unsaturated/α-hetero) is 1. The summed E-state index contributed by atoms with van der Waals surface area (Å²) >= 11 is 0. The molecule has 5 rings (SSSR count). The number of benzene rings is 3. The number of nitrogens with zero attached hydrogens (tertiary/aromatic N) is 3. The number of likely N-dealkylation sites (tertiary alicyclic amines) is 1. The molecule has 1 fully saturated rings. The number of hydrogen-bond acceptors (Lipinski definition) is 3. The van der Waals surface area contributed by atoms with E-state index >= 15 is 0 Å². The Morgan fingerprint density at radius 3 is 2.68 bits per heavy atom. The topological polar surface area (TPSA) is 69.3 Å². The summed E-state index contributed by atoms with van der Waals surface area (Å²) in [6.45, 7) is 7.43. The van der Waals surface area contributed by atoms with Gasteiger partial charge in [-0.15, -0.1) is 0 Å². The fourth-order valence-electron chi connectivity index (χ4n) is 5.31. The maximum Gasteiger partial charge on any atom is 0.320 e. The van der Waals surface area contributed by atoms with Crippen LogP contribution in [0.4, 0.5) is 9.18 Å². The molecular weight excluding hydrogens is 479 g/mol. The minimum atomic E-state index is -0.462. The largest absolute Gasteiger partial charge is 0.342 e. The van der Waals surface area contributed by atoms with E-state index in [9.17, 15) is 14.0 Å². The standard InChI is InChI=1S/C31H33FN4O2/c1-4-13-35(31(38)36-14-12-27(37)18-30(36)24-6-5-7-26(32)16-24)19-25-15-22(9-8-20(25)2)23-10-11-28-29(17-23)34-21(3)33-28/h5-11,15-17,30H,4,12-14,18-19H2,1-3H3,(H,33,34). The van der Waals surface area contributed by atoms with Crippen LogP contribution < -0.4 is 0 Å². The number of H-pyrrole nitrogens is 1. The number of hydrogen-bond donors (Lipinski definition) is 1. The van der Waals surface area contributed by atoms with Crippen molar-refractivity contribution in [2.45, 2.75) is 52.6 Å². The van der Waals surface area contributed by atoms with E-state index in [-0.39, 0.29) is 24.1 Å². The molecule has 1 saturated heterocycles. The molecule has 3 aromatic carbocycles. The Morgan fingerprint density at radius 2 is 1.89 bits per heavy atom. The van der Waals surface area contributed by atoms with Crippen LogP contribution >= 0.6 is 0 Å². The molecule has 38 heavy (non-hydrogen) atoms. The number of carbonyl (C=O) groups excluding carboxylic acids is 2. The van der Waals surface area contributed by atoms with Crippen LogP contribution in [0.3, 0.4) is 0 Å². The molecular formula is C31H33FN4O2. The predicted octanol–water partition coefficient (Wildman–Crippen LogP) is 6.72. The first-order valence-electron chi connectivity index (χ1n) is 13.2. The molecule has 6 nitrogen and oxygen atoms in total. The van der Waals surface area contributed by atoms with E-state index in [4.69, 9.17) is 0 Å². The summed E-state index contributed by atoms with van der Waals surface area (Å²) in [7, 11) is 0. The quantitative estimate of drug-likeness (QED) is 0.312. The summed E-state index contributed by atoms with van der Waals surface area (Å²) in [5.74, 6) is 0.610. The van der Waals surface area contributed by atoms with Gasteiger partial charge in [0.25, 0.3) is 0 Å². The van der Waals surface area contributed by atoms with Crippen LogP contribution in [0.5, 0.6) is 0 Å². The number of fused-ring (bicyclic) bond motifs is 1. The zero-order chi connectivity index (χ0) is 26.8. The summed E-state index contributed by atoms with van der Waals surface area (Å²) < 4.78 is 14.0. The molecule has 196 valence electrons. The second kappa shape index (κ2) is 10.8. The lowest BCUT2D eigenvalue weighted by Gasteiger charge is -2.39. The summed E-state index contributed by atoms with van der Waals surface area (Å²) in [5, 5.41) is 0. The monoisotopic (exact) mass is 512 g/mol. The van der Waals surface area contributed by atoms with Gasteiger partial charge in [0.2, 0.25) is 0 Å². The molecule has 0 spiro atoms. The van der Waals surface area contributed by atoms with Crippen LogP contribution in [0.1, 0.15) is 54.7 Å². The maximum atomic E-state index is 14.0. The molecule has 0 aliphatic carbocycles. The number of aromatic amines is 1. The molecule has 0 radical (unpaired) electrons. The second-order valence-corrected chi connectivity index (χ2v) is 10.2. The fraction of sp³-hybridized carbons (Fsp3) is 0.323. The highest BCUT2D eigenvalue weighted by Gasteiger charge is 2.34. The molecule has 1 aliphatic rings. The summed E-state index contributed by atoms with van der Waals surface area (Å²) in [6, 6.07) is 18.2. The third-order valence-electron chi connectivity index (χ3n) is 7.32. The maximum absolute atomic E-state index is 14.0. The van der Waals surface area contributed by atoms with E-state index in [0.29, 0.717) is 31.6 Å². The number of nitrogens with one attached hydrogen (secondary N) is 1. The van der Waals surface area contributed by atoms with Crippen LogP contribution in [0, 0.1) is 19.7 Å². The van der Waals surface area contributed by atoms with E-state index in [1.165, 1.54) is 12.1 Å². The van der Waals surface area contributed by atoms with Crippen LogP contribution in [0.2, 0.25) is 0 Å². The minimum Gasteiger partial charge on any atom is -0.342 e. The third-order valence-corrected chi connectivity index (χ3v) is 7.32. The number of rotatable bonds is 6. The number of aromatic nitrogens is 2. The average molecular weight is 513 g/mol. The van der Waals surface area contributed by atoms with Crippen molar-refractivity contribution in [3.8, 4) is 11.1 Å². The van der Waals surface area contributed by atoms with Crippen LogP contribution in [0.15, 0.2) is 60.7 Å². The molecule has 1 aliphatic heterocycles. The lowest BCUT2D eigenvalue weighted by Crippen LogP contribution is -2.48. The van der Waals surface area contributed by atoms with Crippen molar-refractivity contribution >= 4 is 22.8 Å². The van der Waals surface area contributed by atoms with Gasteiger partial charge >= 0.3 is 6.03 Å². The van der Waals surface area contributed by atoms with Gasteiger partial charge in [-0.1, -0.05) is 37.3 Å². The van der Waals surface area contributed by atoms with Crippen molar-refractivity contribution in [1.29, 1.82) is 0 Å². The Kier molecular flexibility index (Phi) is 7.27.